The monoisotopic (exact) mass is 227 g/mol. The van der Waals surface area contributed by atoms with E-state index in [1.165, 1.54) is 6.42 Å². The van der Waals surface area contributed by atoms with Crippen LogP contribution in [0.25, 0.3) is 0 Å². The number of amides is 2. The van der Waals surface area contributed by atoms with Gasteiger partial charge in [-0.15, -0.1) is 0 Å². The maximum absolute atomic E-state index is 11.5. The Hall–Kier alpha value is -1.10. The molecule has 1 aliphatic rings. The van der Waals surface area contributed by atoms with Gasteiger partial charge in [0.1, 0.15) is 0 Å². The van der Waals surface area contributed by atoms with Gasteiger partial charge in [0.2, 0.25) is 11.8 Å². The molecule has 16 heavy (non-hydrogen) atoms. The van der Waals surface area contributed by atoms with Crippen LogP contribution in [-0.2, 0) is 9.59 Å². The predicted octanol–water partition coefficient (Wildman–Crippen LogP) is -0.114. The molecule has 1 atom stereocenters. The maximum atomic E-state index is 11.5. The Labute approximate surface area is 95.9 Å². The molecule has 0 radical (unpaired) electrons. The van der Waals surface area contributed by atoms with Crippen LogP contribution in [0.2, 0.25) is 0 Å². The van der Waals surface area contributed by atoms with Gasteiger partial charge in [-0.1, -0.05) is 13.3 Å². The van der Waals surface area contributed by atoms with Gasteiger partial charge in [0.15, 0.2) is 0 Å². The number of nitrogens with two attached hydrogens (primary N) is 2. The minimum atomic E-state index is -0.813. The van der Waals surface area contributed by atoms with Gasteiger partial charge in [-0.05, 0) is 24.7 Å². The van der Waals surface area contributed by atoms with Gasteiger partial charge in [-0.2, -0.15) is 0 Å². The summed E-state index contributed by atoms with van der Waals surface area (Å²) in [6.07, 6.45) is 4.53. The third-order valence-electron chi connectivity index (χ3n) is 3.56. The summed E-state index contributed by atoms with van der Waals surface area (Å²) in [4.78, 5) is 22.1. The van der Waals surface area contributed by atoms with Crippen molar-refractivity contribution in [3.8, 4) is 0 Å². The highest BCUT2D eigenvalue weighted by atomic mass is 16.2. The molecule has 1 aliphatic carbocycles. The van der Waals surface area contributed by atoms with Gasteiger partial charge >= 0.3 is 0 Å². The first-order valence-corrected chi connectivity index (χ1v) is 5.81. The lowest BCUT2D eigenvalue weighted by atomic mass is 9.67. The topological polar surface area (TPSA) is 98.2 Å². The van der Waals surface area contributed by atoms with Crippen LogP contribution in [0, 0.1) is 5.41 Å². The smallest absolute Gasteiger partial charge is 0.237 e. The number of carbonyl (C=O) groups excluding carboxylic acids is 2. The summed E-state index contributed by atoms with van der Waals surface area (Å²) in [6.45, 7) is 2.80. The fraction of sp³-hybridized carbons (Fsp3) is 0.818. The van der Waals surface area contributed by atoms with E-state index in [4.69, 9.17) is 11.5 Å². The lowest BCUT2D eigenvalue weighted by Crippen LogP contribution is -2.48. The lowest BCUT2D eigenvalue weighted by Gasteiger charge is -2.41. The van der Waals surface area contributed by atoms with Crippen molar-refractivity contribution in [2.24, 2.45) is 16.9 Å². The average molecular weight is 227 g/mol. The van der Waals surface area contributed by atoms with Crippen molar-refractivity contribution >= 4 is 11.8 Å². The van der Waals surface area contributed by atoms with Crippen molar-refractivity contribution < 1.29 is 9.59 Å². The van der Waals surface area contributed by atoms with Crippen LogP contribution in [0.1, 0.15) is 39.0 Å². The molecule has 0 aromatic carbocycles. The molecule has 0 aromatic heterocycles. The van der Waals surface area contributed by atoms with Gasteiger partial charge in [0.25, 0.3) is 0 Å². The van der Waals surface area contributed by atoms with Crippen LogP contribution in [0.3, 0.4) is 0 Å². The van der Waals surface area contributed by atoms with Gasteiger partial charge in [-0.3, -0.25) is 9.59 Å². The summed E-state index contributed by atoms with van der Waals surface area (Å²) in [5.41, 5.74) is 10.8. The standard InChI is InChI=1S/C11H21N3O2/c1-2-11(4-3-5-11)7-14-10(16)8(12)6-9(13)15/h8H,2-7,12H2,1H3,(H2,13,15)(H,14,16). The summed E-state index contributed by atoms with van der Waals surface area (Å²) in [5.74, 6) is -0.824. The van der Waals surface area contributed by atoms with E-state index in [0.29, 0.717) is 6.54 Å². The normalized spacial score (nSPS) is 19.6. The molecule has 0 saturated heterocycles. The highest BCUT2D eigenvalue weighted by Gasteiger charge is 2.35. The Kier molecular flexibility index (Phi) is 4.29. The number of carbonyl (C=O) groups is 2. The first kappa shape index (κ1) is 13.0. The van der Waals surface area contributed by atoms with Gasteiger partial charge in [0, 0.05) is 6.54 Å². The molecule has 1 fully saturated rings. The van der Waals surface area contributed by atoms with E-state index in [9.17, 15) is 9.59 Å². The van der Waals surface area contributed by atoms with E-state index >= 15 is 0 Å². The summed E-state index contributed by atoms with van der Waals surface area (Å²) in [6, 6.07) is -0.813. The van der Waals surface area contributed by atoms with E-state index in [2.05, 4.69) is 12.2 Å². The van der Waals surface area contributed by atoms with Gasteiger partial charge in [0.05, 0.1) is 12.5 Å². The first-order chi connectivity index (χ1) is 7.49. The molecule has 0 aromatic rings. The largest absolute Gasteiger partial charge is 0.370 e. The minimum Gasteiger partial charge on any atom is -0.370 e. The number of rotatable bonds is 6. The van der Waals surface area contributed by atoms with Crippen molar-refractivity contribution in [2.45, 2.75) is 45.1 Å². The highest BCUT2D eigenvalue weighted by molar-refractivity contribution is 5.87. The molecule has 5 nitrogen and oxygen atoms in total. The SMILES string of the molecule is CCC1(CNC(=O)C(N)CC(N)=O)CCC1. The van der Waals surface area contributed by atoms with Crippen LogP contribution < -0.4 is 16.8 Å². The quantitative estimate of drug-likeness (QED) is 0.590. The van der Waals surface area contributed by atoms with Gasteiger partial charge < -0.3 is 16.8 Å². The van der Waals surface area contributed by atoms with Crippen molar-refractivity contribution in [1.29, 1.82) is 0 Å². The molecular formula is C11H21N3O2. The Morgan fingerprint density at radius 1 is 1.44 bits per heavy atom. The molecule has 5 heteroatoms. The molecule has 0 spiro atoms. The van der Waals surface area contributed by atoms with Crippen molar-refractivity contribution in [2.75, 3.05) is 6.54 Å². The summed E-state index contributed by atoms with van der Waals surface area (Å²) in [7, 11) is 0. The van der Waals surface area contributed by atoms with E-state index in [-0.39, 0.29) is 17.7 Å². The number of hydrogen-bond acceptors (Lipinski definition) is 3. The van der Waals surface area contributed by atoms with E-state index in [1.807, 2.05) is 0 Å². The minimum absolute atomic E-state index is 0.0923. The molecule has 1 unspecified atom stereocenters. The molecule has 0 heterocycles. The number of primary amides is 1. The second-order valence-electron chi connectivity index (χ2n) is 4.70. The second kappa shape index (κ2) is 5.30. The zero-order chi connectivity index (χ0) is 12.2. The van der Waals surface area contributed by atoms with Crippen LogP contribution in [0.4, 0.5) is 0 Å². The van der Waals surface area contributed by atoms with Crippen LogP contribution >= 0.6 is 0 Å². The first-order valence-electron chi connectivity index (χ1n) is 5.81. The summed E-state index contributed by atoms with van der Waals surface area (Å²) in [5, 5.41) is 2.81. The average Bonchev–Trinajstić information content (AvgIpc) is 2.15. The van der Waals surface area contributed by atoms with E-state index < -0.39 is 11.9 Å². The Bertz CT molecular complexity index is 269. The van der Waals surface area contributed by atoms with Crippen molar-refractivity contribution in [3.63, 3.8) is 0 Å². The van der Waals surface area contributed by atoms with Crippen molar-refractivity contribution in [3.05, 3.63) is 0 Å². The molecular weight excluding hydrogens is 206 g/mol. The van der Waals surface area contributed by atoms with Crippen molar-refractivity contribution in [1.82, 2.24) is 5.32 Å². The third-order valence-corrected chi connectivity index (χ3v) is 3.56. The zero-order valence-corrected chi connectivity index (χ0v) is 9.79. The fourth-order valence-electron chi connectivity index (χ4n) is 2.05. The number of nitrogens with one attached hydrogen (secondary N) is 1. The zero-order valence-electron chi connectivity index (χ0n) is 9.79. The third kappa shape index (κ3) is 3.20. The van der Waals surface area contributed by atoms with E-state index in [1.54, 1.807) is 0 Å². The molecule has 5 N–H and O–H groups in total. The molecule has 92 valence electrons. The molecule has 0 bridgehead atoms. The Morgan fingerprint density at radius 3 is 2.44 bits per heavy atom. The van der Waals surface area contributed by atoms with Crippen LogP contribution in [0.15, 0.2) is 0 Å². The second-order valence-corrected chi connectivity index (χ2v) is 4.70. The van der Waals surface area contributed by atoms with Crippen LogP contribution in [-0.4, -0.2) is 24.4 Å². The van der Waals surface area contributed by atoms with Gasteiger partial charge in [-0.25, -0.2) is 0 Å². The maximum Gasteiger partial charge on any atom is 0.237 e. The predicted molar refractivity (Wildman–Crippen MR) is 61.4 cm³/mol. The summed E-state index contributed by atoms with van der Waals surface area (Å²) < 4.78 is 0. The fourth-order valence-corrected chi connectivity index (χ4v) is 2.05. The van der Waals surface area contributed by atoms with Crippen LogP contribution in [0.5, 0.6) is 0 Å². The lowest BCUT2D eigenvalue weighted by molar-refractivity contribution is -0.126. The van der Waals surface area contributed by atoms with E-state index in [0.717, 1.165) is 19.3 Å². The molecule has 2 amide bonds. The Balaban J connectivity index is 2.31. The summed E-state index contributed by atoms with van der Waals surface area (Å²) >= 11 is 0. The molecule has 1 rings (SSSR count). The molecule has 1 saturated carbocycles. The Morgan fingerprint density at radius 2 is 2.06 bits per heavy atom. The molecule has 0 aliphatic heterocycles. The highest BCUT2D eigenvalue weighted by Crippen LogP contribution is 2.42. The number of hydrogen-bond donors (Lipinski definition) is 3.